The van der Waals surface area contributed by atoms with E-state index in [4.69, 9.17) is 9.47 Å². The third kappa shape index (κ3) is 5.65. The van der Waals surface area contributed by atoms with E-state index >= 15 is 0 Å². The van der Waals surface area contributed by atoms with Crippen LogP contribution in [-0.4, -0.2) is 5.11 Å². The molecule has 0 saturated carbocycles. The lowest BCUT2D eigenvalue weighted by molar-refractivity contribution is 0.410. The number of hydrogen-bond acceptors (Lipinski definition) is 3. The predicted octanol–water partition coefficient (Wildman–Crippen LogP) is 7.59. The van der Waals surface area contributed by atoms with Crippen LogP contribution in [0, 0.1) is 20.8 Å². The molecule has 4 rings (SSSR count). The molecule has 0 bridgehead atoms. The fourth-order valence-corrected chi connectivity index (χ4v) is 2.79. The van der Waals surface area contributed by atoms with Crippen molar-refractivity contribution in [1.29, 1.82) is 0 Å². The first-order valence-corrected chi connectivity index (χ1v) is 9.85. The maximum absolute atomic E-state index is 9.54. The molecular formula is C27H26O3. The molecule has 0 amide bonds. The van der Waals surface area contributed by atoms with Crippen molar-refractivity contribution in [2.45, 2.75) is 20.8 Å². The molecule has 0 aliphatic rings. The van der Waals surface area contributed by atoms with E-state index in [1.807, 2.05) is 99.6 Å². The van der Waals surface area contributed by atoms with Crippen molar-refractivity contribution in [3.8, 4) is 28.7 Å². The first-order valence-electron chi connectivity index (χ1n) is 9.85. The number of phenolic OH excluding ortho intramolecular Hbond substituents is 1. The quantitative estimate of drug-likeness (QED) is 0.385. The molecule has 4 aromatic rings. The van der Waals surface area contributed by atoms with Gasteiger partial charge in [0.2, 0.25) is 0 Å². The topological polar surface area (TPSA) is 38.7 Å². The molecule has 4 aromatic carbocycles. The highest BCUT2D eigenvalue weighted by molar-refractivity contribution is 5.43. The molecule has 3 heteroatoms. The second-order valence-electron chi connectivity index (χ2n) is 6.97. The lowest BCUT2D eigenvalue weighted by Gasteiger charge is -2.10. The van der Waals surface area contributed by atoms with Crippen molar-refractivity contribution in [2.75, 3.05) is 0 Å². The Balaban J connectivity index is 0.000000171. The third-order valence-corrected chi connectivity index (χ3v) is 4.59. The average molecular weight is 399 g/mol. The van der Waals surface area contributed by atoms with Gasteiger partial charge in [-0.1, -0.05) is 66.7 Å². The smallest absolute Gasteiger partial charge is 0.169 e. The van der Waals surface area contributed by atoms with E-state index in [2.05, 4.69) is 0 Å². The number of para-hydroxylation sites is 5. The van der Waals surface area contributed by atoms with Crippen LogP contribution in [-0.2, 0) is 0 Å². The van der Waals surface area contributed by atoms with Gasteiger partial charge in [0.05, 0.1) is 0 Å². The van der Waals surface area contributed by atoms with E-state index in [0.29, 0.717) is 5.75 Å². The Hall–Kier alpha value is -3.72. The van der Waals surface area contributed by atoms with Gasteiger partial charge in [0.15, 0.2) is 11.5 Å². The summed E-state index contributed by atoms with van der Waals surface area (Å²) in [5.41, 5.74) is 3.35. The number of phenols is 1. The average Bonchev–Trinajstić information content (AvgIpc) is 2.75. The zero-order valence-electron chi connectivity index (χ0n) is 17.5. The summed E-state index contributed by atoms with van der Waals surface area (Å²) in [6.45, 7) is 6.07. The Morgan fingerprint density at radius 1 is 0.433 bits per heavy atom. The van der Waals surface area contributed by atoms with Crippen molar-refractivity contribution in [3.05, 3.63) is 114 Å². The van der Waals surface area contributed by atoms with Gasteiger partial charge in [0, 0.05) is 0 Å². The maximum Gasteiger partial charge on any atom is 0.169 e. The first kappa shape index (κ1) is 21.0. The van der Waals surface area contributed by atoms with E-state index in [1.165, 1.54) is 0 Å². The molecule has 0 aromatic heterocycles. The van der Waals surface area contributed by atoms with Crippen molar-refractivity contribution in [1.82, 2.24) is 0 Å². The van der Waals surface area contributed by atoms with Crippen LogP contribution >= 0.6 is 0 Å². The number of rotatable bonds is 4. The van der Waals surface area contributed by atoms with Crippen LogP contribution in [0.25, 0.3) is 0 Å². The fourth-order valence-electron chi connectivity index (χ4n) is 2.79. The number of aromatic hydroxyl groups is 1. The Kier molecular flexibility index (Phi) is 7.12. The van der Waals surface area contributed by atoms with E-state index in [9.17, 15) is 5.11 Å². The minimum Gasteiger partial charge on any atom is -0.504 e. The summed E-state index contributed by atoms with van der Waals surface area (Å²) in [5.74, 6) is 3.24. The van der Waals surface area contributed by atoms with Gasteiger partial charge in [-0.25, -0.2) is 0 Å². The Morgan fingerprint density at radius 2 is 0.733 bits per heavy atom. The molecule has 0 spiro atoms. The number of ether oxygens (including phenoxy) is 2. The highest BCUT2D eigenvalue weighted by atomic mass is 16.5. The van der Waals surface area contributed by atoms with Crippen molar-refractivity contribution in [3.63, 3.8) is 0 Å². The fraction of sp³-hybridized carbons (Fsp3) is 0.111. The van der Waals surface area contributed by atoms with E-state index in [0.717, 1.165) is 33.9 Å². The van der Waals surface area contributed by atoms with Gasteiger partial charge in [-0.05, 0) is 67.8 Å². The van der Waals surface area contributed by atoms with Crippen LogP contribution in [0.5, 0.6) is 28.7 Å². The van der Waals surface area contributed by atoms with Crippen LogP contribution in [0.15, 0.2) is 97.1 Å². The SMILES string of the molecule is Cc1ccccc1Oc1ccccc1C.Cc1ccccc1Oc1ccccc1O. The lowest BCUT2D eigenvalue weighted by atomic mass is 10.2. The zero-order valence-corrected chi connectivity index (χ0v) is 17.5. The summed E-state index contributed by atoms with van der Waals surface area (Å²) < 4.78 is 11.4. The van der Waals surface area contributed by atoms with Gasteiger partial charge in [-0.15, -0.1) is 0 Å². The third-order valence-electron chi connectivity index (χ3n) is 4.59. The molecule has 152 valence electrons. The molecule has 3 nitrogen and oxygen atoms in total. The van der Waals surface area contributed by atoms with Crippen LogP contribution in [0.4, 0.5) is 0 Å². The van der Waals surface area contributed by atoms with Crippen LogP contribution in [0.3, 0.4) is 0 Å². The highest BCUT2D eigenvalue weighted by Gasteiger charge is 2.04. The normalized spacial score (nSPS) is 9.97. The van der Waals surface area contributed by atoms with E-state index < -0.39 is 0 Å². The molecule has 0 aliphatic carbocycles. The molecule has 0 aliphatic heterocycles. The summed E-state index contributed by atoms with van der Waals surface area (Å²) >= 11 is 0. The van der Waals surface area contributed by atoms with Gasteiger partial charge >= 0.3 is 0 Å². The molecular weight excluding hydrogens is 372 g/mol. The van der Waals surface area contributed by atoms with Crippen LogP contribution in [0.2, 0.25) is 0 Å². The largest absolute Gasteiger partial charge is 0.504 e. The molecule has 1 N–H and O–H groups in total. The molecule has 0 atom stereocenters. The summed E-state index contributed by atoms with van der Waals surface area (Å²) in [5, 5.41) is 9.54. The van der Waals surface area contributed by atoms with Crippen LogP contribution < -0.4 is 9.47 Å². The maximum atomic E-state index is 9.54. The van der Waals surface area contributed by atoms with Gasteiger partial charge in [-0.2, -0.15) is 0 Å². The standard InChI is InChI=1S/C14H14O.C13H12O2/c1-11-7-3-5-9-13(11)15-14-10-6-4-8-12(14)2;1-10-6-2-4-8-12(10)15-13-9-5-3-7-11(13)14/h3-10H,1-2H3;2-9,14H,1H3. The van der Waals surface area contributed by atoms with Crippen molar-refractivity contribution in [2.24, 2.45) is 0 Å². The predicted molar refractivity (Wildman–Crippen MR) is 122 cm³/mol. The first-order chi connectivity index (χ1) is 14.5. The molecule has 30 heavy (non-hydrogen) atoms. The summed E-state index contributed by atoms with van der Waals surface area (Å²) in [7, 11) is 0. The minimum absolute atomic E-state index is 0.153. The number of aryl methyl sites for hydroxylation is 3. The highest BCUT2D eigenvalue weighted by Crippen LogP contribution is 2.31. The van der Waals surface area contributed by atoms with E-state index in [1.54, 1.807) is 18.2 Å². The van der Waals surface area contributed by atoms with Gasteiger partial charge in [0.1, 0.15) is 17.2 Å². The molecule has 0 saturated heterocycles. The van der Waals surface area contributed by atoms with Gasteiger partial charge in [0.25, 0.3) is 0 Å². The summed E-state index contributed by atoms with van der Waals surface area (Å²) in [4.78, 5) is 0. The zero-order chi connectivity index (χ0) is 21.3. The molecule has 0 radical (unpaired) electrons. The Bertz CT molecular complexity index is 926. The molecule has 0 heterocycles. The minimum atomic E-state index is 0.153. The van der Waals surface area contributed by atoms with Crippen molar-refractivity contribution >= 4 is 0 Å². The van der Waals surface area contributed by atoms with Crippen molar-refractivity contribution < 1.29 is 14.6 Å². The van der Waals surface area contributed by atoms with Crippen LogP contribution in [0.1, 0.15) is 16.7 Å². The Morgan fingerprint density at radius 3 is 1.10 bits per heavy atom. The van der Waals surface area contributed by atoms with Gasteiger partial charge < -0.3 is 14.6 Å². The summed E-state index contributed by atoms with van der Waals surface area (Å²) in [6.07, 6.45) is 0. The monoisotopic (exact) mass is 398 g/mol. The second kappa shape index (κ2) is 10.2. The van der Waals surface area contributed by atoms with Gasteiger partial charge in [-0.3, -0.25) is 0 Å². The number of benzene rings is 4. The number of hydrogen-bond donors (Lipinski definition) is 1. The lowest BCUT2D eigenvalue weighted by Crippen LogP contribution is -1.88. The molecule has 0 fully saturated rings. The Labute approximate surface area is 178 Å². The van der Waals surface area contributed by atoms with E-state index in [-0.39, 0.29) is 5.75 Å². The summed E-state index contributed by atoms with van der Waals surface area (Å²) in [6, 6.07) is 30.7. The molecule has 0 unspecified atom stereocenters. The second-order valence-corrected chi connectivity index (χ2v) is 6.97.